The van der Waals surface area contributed by atoms with E-state index in [1.807, 2.05) is 0 Å². The van der Waals surface area contributed by atoms with Crippen molar-refractivity contribution in [3.05, 3.63) is 29.1 Å². The summed E-state index contributed by atoms with van der Waals surface area (Å²) in [6.45, 7) is 2.06. The molecule has 0 aliphatic rings. The Morgan fingerprint density at radius 2 is 2.42 bits per heavy atom. The zero-order valence-corrected chi connectivity index (χ0v) is 6.74. The highest BCUT2D eigenvalue weighted by atomic mass is 16.4. The summed E-state index contributed by atoms with van der Waals surface area (Å²) in [6.07, 6.45) is 1.33. The van der Waals surface area contributed by atoms with Crippen LogP contribution in [0.5, 0.6) is 0 Å². The Morgan fingerprint density at radius 3 is 2.83 bits per heavy atom. The quantitative estimate of drug-likeness (QED) is 0.672. The number of hydrogen-bond acceptors (Lipinski definition) is 3. The molecule has 0 aliphatic heterocycles. The Labute approximate surface area is 70.0 Å². The maximum atomic E-state index is 10.6. The molecule has 0 unspecified atom stereocenters. The molecule has 0 spiro atoms. The molecule has 1 heterocycles. The van der Waals surface area contributed by atoms with Gasteiger partial charge in [-0.15, -0.1) is 0 Å². The molecule has 4 heteroatoms. The standard InChI is InChI=1S/C8H10N2O2/c1-5-2-6(3-9)10-4-7(5)8(11)12/h2,4H,3,9H2,1H3,(H,11,12). The van der Waals surface area contributed by atoms with Crippen molar-refractivity contribution in [2.75, 3.05) is 0 Å². The van der Waals surface area contributed by atoms with Crippen LogP contribution in [0.3, 0.4) is 0 Å². The summed E-state index contributed by atoms with van der Waals surface area (Å²) in [5, 5.41) is 8.66. The molecule has 0 atom stereocenters. The van der Waals surface area contributed by atoms with Crippen LogP contribution >= 0.6 is 0 Å². The minimum absolute atomic E-state index is 0.229. The van der Waals surface area contributed by atoms with Gasteiger partial charge >= 0.3 is 5.97 Å². The number of aromatic nitrogens is 1. The van der Waals surface area contributed by atoms with Crippen molar-refractivity contribution in [3.8, 4) is 0 Å². The minimum atomic E-state index is -0.955. The summed E-state index contributed by atoms with van der Waals surface area (Å²) >= 11 is 0. The smallest absolute Gasteiger partial charge is 0.337 e. The summed E-state index contributed by atoms with van der Waals surface area (Å²) in [6, 6.07) is 1.68. The molecule has 0 saturated carbocycles. The van der Waals surface area contributed by atoms with Gasteiger partial charge in [0.2, 0.25) is 0 Å². The van der Waals surface area contributed by atoms with Gasteiger partial charge in [0.25, 0.3) is 0 Å². The number of pyridine rings is 1. The van der Waals surface area contributed by atoms with Crippen molar-refractivity contribution in [3.63, 3.8) is 0 Å². The number of carboxylic acids is 1. The normalized spacial score (nSPS) is 9.83. The number of aromatic carboxylic acids is 1. The fourth-order valence-corrected chi connectivity index (χ4v) is 0.950. The Bertz CT molecular complexity index is 310. The van der Waals surface area contributed by atoms with E-state index in [1.54, 1.807) is 13.0 Å². The number of nitrogens with two attached hydrogens (primary N) is 1. The highest BCUT2D eigenvalue weighted by Gasteiger charge is 2.06. The highest BCUT2D eigenvalue weighted by Crippen LogP contribution is 2.07. The average Bonchev–Trinajstić information content (AvgIpc) is 2.03. The van der Waals surface area contributed by atoms with Gasteiger partial charge in [-0.1, -0.05) is 0 Å². The minimum Gasteiger partial charge on any atom is -0.478 e. The van der Waals surface area contributed by atoms with Crippen LogP contribution in [0, 0.1) is 6.92 Å². The second-order valence-electron chi connectivity index (χ2n) is 2.50. The third-order valence-corrected chi connectivity index (χ3v) is 1.61. The van der Waals surface area contributed by atoms with E-state index in [1.165, 1.54) is 6.20 Å². The van der Waals surface area contributed by atoms with Crippen LogP contribution in [0.1, 0.15) is 21.6 Å². The van der Waals surface area contributed by atoms with Gasteiger partial charge in [0, 0.05) is 12.7 Å². The lowest BCUT2D eigenvalue weighted by molar-refractivity contribution is 0.0695. The molecule has 1 aromatic rings. The van der Waals surface area contributed by atoms with Gasteiger partial charge in [-0.3, -0.25) is 4.98 Å². The molecule has 0 radical (unpaired) electrons. The van der Waals surface area contributed by atoms with Crippen LogP contribution in [0.25, 0.3) is 0 Å². The number of rotatable bonds is 2. The van der Waals surface area contributed by atoms with Crippen LogP contribution in [0.15, 0.2) is 12.3 Å². The van der Waals surface area contributed by atoms with E-state index < -0.39 is 5.97 Å². The second-order valence-corrected chi connectivity index (χ2v) is 2.50. The van der Waals surface area contributed by atoms with E-state index in [2.05, 4.69) is 4.98 Å². The van der Waals surface area contributed by atoms with Crippen molar-refractivity contribution in [2.24, 2.45) is 5.73 Å². The first-order valence-electron chi connectivity index (χ1n) is 3.54. The van der Waals surface area contributed by atoms with Crippen molar-refractivity contribution in [1.29, 1.82) is 0 Å². The van der Waals surface area contributed by atoms with Crippen molar-refractivity contribution < 1.29 is 9.90 Å². The molecule has 0 aromatic carbocycles. The molecular weight excluding hydrogens is 156 g/mol. The highest BCUT2D eigenvalue weighted by molar-refractivity contribution is 5.88. The third-order valence-electron chi connectivity index (χ3n) is 1.61. The summed E-state index contributed by atoms with van der Waals surface area (Å²) in [7, 11) is 0. The first kappa shape index (κ1) is 8.67. The van der Waals surface area contributed by atoms with E-state index in [-0.39, 0.29) is 5.56 Å². The van der Waals surface area contributed by atoms with E-state index in [4.69, 9.17) is 10.8 Å². The SMILES string of the molecule is Cc1cc(CN)ncc1C(=O)O. The first-order valence-corrected chi connectivity index (χ1v) is 3.54. The fourth-order valence-electron chi connectivity index (χ4n) is 0.950. The first-order chi connectivity index (χ1) is 5.65. The molecule has 64 valence electrons. The molecule has 0 amide bonds. The van der Waals surface area contributed by atoms with Crippen molar-refractivity contribution in [1.82, 2.24) is 4.98 Å². The van der Waals surface area contributed by atoms with Gasteiger partial charge in [-0.25, -0.2) is 4.79 Å². The van der Waals surface area contributed by atoms with Gasteiger partial charge in [0.05, 0.1) is 11.3 Å². The number of hydrogen-bond donors (Lipinski definition) is 2. The predicted octanol–water partition coefficient (Wildman–Crippen LogP) is 0.547. The van der Waals surface area contributed by atoms with E-state index in [9.17, 15) is 4.79 Å². The van der Waals surface area contributed by atoms with Crippen LogP contribution in [-0.2, 0) is 6.54 Å². The number of aryl methyl sites for hydroxylation is 1. The summed E-state index contributed by atoms with van der Waals surface area (Å²) < 4.78 is 0. The Morgan fingerprint density at radius 1 is 1.75 bits per heavy atom. The zero-order valence-electron chi connectivity index (χ0n) is 6.74. The lowest BCUT2D eigenvalue weighted by Crippen LogP contribution is -2.05. The van der Waals surface area contributed by atoms with E-state index in [0.717, 1.165) is 0 Å². The van der Waals surface area contributed by atoms with Crippen molar-refractivity contribution >= 4 is 5.97 Å². The average molecular weight is 166 g/mol. The molecule has 1 aromatic heterocycles. The largest absolute Gasteiger partial charge is 0.478 e. The van der Waals surface area contributed by atoms with Crippen LogP contribution in [-0.4, -0.2) is 16.1 Å². The third kappa shape index (κ3) is 1.60. The second kappa shape index (κ2) is 3.32. The van der Waals surface area contributed by atoms with Gasteiger partial charge in [-0.05, 0) is 18.6 Å². The summed E-state index contributed by atoms with van der Waals surface area (Å²) in [5.74, 6) is -0.955. The fraction of sp³-hybridized carbons (Fsp3) is 0.250. The topological polar surface area (TPSA) is 76.2 Å². The van der Waals surface area contributed by atoms with Crippen LogP contribution in [0.4, 0.5) is 0 Å². The molecular formula is C8H10N2O2. The Hall–Kier alpha value is -1.42. The molecule has 0 fully saturated rings. The van der Waals surface area contributed by atoms with Crippen molar-refractivity contribution in [2.45, 2.75) is 13.5 Å². The number of carboxylic acid groups (broad SMARTS) is 1. The lowest BCUT2D eigenvalue weighted by Gasteiger charge is -2.01. The Kier molecular flexibility index (Phi) is 2.40. The van der Waals surface area contributed by atoms with E-state index >= 15 is 0 Å². The van der Waals surface area contributed by atoms with Gasteiger partial charge in [0.15, 0.2) is 0 Å². The van der Waals surface area contributed by atoms with E-state index in [0.29, 0.717) is 17.8 Å². The van der Waals surface area contributed by atoms with Crippen LogP contribution < -0.4 is 5.73 Å². The molecule has 4 nitrogen and oxygen atoms in total. The molecule has 0 aliphatic carbocycles. The lowest BCUT2D eigenvalue weighted by atomic mass is 10.1. The molecule has 1 rings (SSSR count). The molecule has 0 saturated heterocycles. The van der Waals surface area contributed by atoms with Gasteiger partial charge < -0.3 is 10.8 Å². The Balaban J connectivity index is 3.12. The summed E-state index contributed by atoms with van der Waals surface area (Å²) in [4.78, 5) is 14.4. The van der Waals surface area contributed by atoms with Gasteiger partial charge in [-0.2, -0.15) is 0 Å². The molecule has 3 N–H and O–H groups in total. The molecule has 0 bridgehead atoms. The van der Waals surface area contributed by atoms with Gasteiger partial charge in [0.1, 0.15) is 0 Å². The number of nitrogens with zero attached hydrogens (tertiary/aromatic N) is 1. The predicted molar refractivity (Wildman–Crippen MR) is 43.8 cm³/mol. The monoisotopic (exact) mass is 166 g/mol. The van der Waals surface area contributed by atoms with Crippen LogP contribution in [0.2, 0.25) is 0 Å². The molecule has 12 heavy (non-hydrogen) atoms. The number of carbonyl (C=O) groups is 1. The maximum absolute atomic E-state index is 10.6. The summed E-state index contributed by atoms with van der Waals surface area (Å²) in [5.41, 5.74) is 6.96. The maximum Gasteiger partial charge on any atom is 0.337 e. The zero-order chi connectivity index (χ0) is 9.14.